The lowest BCUT2D eigenvalue weighted by Gasteiger charge is -2.31. The van der Waals surface area contributed by atoms with Crippen LogP contribution >= 0.6 is 12.2 Å². The van der Waals surface area contributed by atoms with Crippen LogP contribution in [-0.4, -0.2) is 21.1 Å². The van der Waals surface area contributed by atoms with Gasteiger partial charge < -0.3 is 10.5 Å². The molecule has 19 heavy (non-hydrogen) atoms. The van der Waals surface area contributed by atoms with Gasteiger partial charge in [0.25, 0.3) is 0 Å². The molecule has 0 radical (unpaired) electrons. The van der Waals surface area contributed by atoms with Gasteiger partial charge in [0.15, 0.2) is 0 Å². The summed E-state index contributed by atoms with van der Waals surface area (Å²) in [6.07, 6.45) is 3.51. The molecule has 0 aromatic carbocycles. The van der Waals surface area contributed by atoms with E-state index in [0.29, 0.717) is 17.6 Å². The van der Waals surface area contributed by atoms with Crippen molar-refractivity contribution in [3.05, 3.63) is 17.5 Å². The van der Waals surface area contributed by atoms with Crippen LogP contribution in [0.3, 0.4) is 0 Å². The average Bonchev–Trinajstić information content (AvgIpc) is 2.33. The molecule has 1 aliphatic rings. The SMILES string of the molecule is Cc1cc(C(N)=S)nc(OC2CCC(C)C(C)C2)n1. The zero-order valence-electron chi connectivity index (χ0n) is 11.7. The number of nitrogens with two attached hydrogens (primary N) is 1. The summed E-state index contributed by atoms with van der Waals surface area (Å²) in [7, 11) is 0. The van der Waals surface area contributed by atoms with E-state index in [0.717, 1.165) is 24.5 Å². The Balaban J connectivity index is 2.09. The van der Waals surface area contributed by atoms with Crippen LogP contribution in [0.1, 0.15) is 44.5 Å². The van der Waals surface area contributed by atoms with Gasteiger partial charge in [0.1, 0.15) is 16.8 Å². The first-order valence-electron chi connectivity index (χ1n) is 6.78. The second kappa shape index (κ2) is 5.82. The largest absolute Gasteiger partial charge is 0.460 e. The van der Waals surface area contributed by atoms with Crippen molar-refractivity contribution in [2.75, 3.05) is 0 Å². The highest BCUT2D eigenvalue weighted by molar-refractivity contribution is 7.80. The van der Waals surface area contributed by atoms with Gasteiger partial charge in [-0.05, 0) is 44.1 Å². The Labute approximate surface area is 119 Å². The molecule has 1 aromatic heterocycles. The molecule has 3 atom stereocenters. The highest BCUT2D eigenvalue weighted by atomic mass is 32.1. The van der Waals surface area contributed by atoms with Crippen LogP contribution in [-0.2, 0) is 0 Å². The monoisotopic (exact) mass is 279 g/mol. The van der Waals surface area contributed by atoms with Crippen LogP contribution in [0.5, 0.6) is 6.01 Å². The summed E-state index contributed by atoms with van der Waals surface area (Å²) in [5, 5.41) is 0. The first-order valence-corrected chi connectivity index (χ1v) is 7.18. The molecule has 0 aliphatic heterocycles. The van der Waals surface area contributed by atoms with Crippen molar-refractivity contribution >= 4 is 17.2 Å². The molecule has 1 heterocycles. The normalized spacial score (nSPS) is 27.0. The Morgan fingerprint density at radius 3 is 2.68 bits per heavy atom. The predicted molar refractivity (Wildman–Crippen MR) is 79.3 cm³/mol. The molecule has 0 bridgehead atoms. The van der Waals surface area contributed by atoms with Crippen LogP contribution in [0.2, 0.25) is 0 Å². The minimum absolute atomic E-state index is 0.201. The summed E-state index contributed by atoms with van der Waals surface area (Å²) in [6, 6.07) is 2.18. The number of aromatic nitrogens is 2. The first-order chi connectivity index (χ1) is 8.95. The van der Waals surface area contributed by atoms with Crippen LogP contribution in [0, 0.1) is 18.8 Å². The number of hydrogen-bond donors (Lipinski definition) is 1. The number of rotatable bonds is 3. The zero-order valence-corrected chi connectivity index (χ0v) is 12.5. The summed E-state index contributed by atoms with van der Waals surface area (Å²) in [6.45, 7) is 6.47. The minimum atomic E-state index is 0.201. The van der Waals surface area contributed by atoms with E-state index in [1.165, 1.54) is 6.42 Å². The lowest BCUT2D eigenvalue weighted by atomic mass is 9.80. The average molecular weight is 279 g/mol. The summed E-state index contributed by atoms with van der Waals surface area (Å²) < 4.78 is 5.91. The van der Waals surface area contributed by atoms with E-state index in [-0.39, 0.29) is 11.1 Å². The van der Waals surface area contributed by atoms with Gasteiger partial charge in [-0.3, -0.25) is 0 Å². The van der Waals surface area contributed by atoms with Gasteiger partial charge in [-0.1, -0.05) is 26.1 Å². The van der Waals surface area contributed by atoms with Gasteiger partial charge in [-0.15, -0.1) is 0 Å². The van der Waals surface area contributed by atoms with E-state index < -0.39 is 0 Å². The topological polar surface area (TPSA) is 61.0 Å². The van der Waals surface area contributed by atoms with E-state index in [1.54, 1.807) is 6.07 Å². The molecule has 4 nitrogen and oxygen atoms in total. The molecule has 2 N–H and O–H groups in total. The Kier molecular flexibility index (Phi) is 4.34. The summed E-state index contributed by atoms with van der Waals surface area (Å²) in [4.78, 5) is 8.86. The lowest BCUT2D eigenvalue weighted by Crippen LogP contribution is -2.29. The van der Waals surface area contributed by atoms with Gasteiger partial charge in [-0.2, -0.15) is 4.98 Å². The third-order valence-electron chi connectivity index (χ3n) is 3.91. The number of nitrogens with zero attached hydrogens (tertiary/aromatic N) is 2. The predicted octanol–water partition coefficient (Wildman–Crippen LogP) is 2.62. The molecular formula is C14H21N3OS. The fraction of sp³-hybridized carbons (Fsp3) is 0.643. The van der Waals surface area contributed by atoms with Crippen molar-refractivity contribution in [3.8, 4) is 6.01 Å². The highest BCUT2D eigenvalue weighted by Gasteiger charge is 2.26. The third-order valence-corrected chi connectivity index (χ3v) is 4.12. The zero-order chi connectivity index (χ0) is 14.0. The van der Waals surface area contributed by atoms with Crippen molar-refractivity contribution in [2.45, 2.75) is 46.1 Å². The van der Waals surface area contributed by atoms with E-state index >= 15 is 0 Å². The summed E-state index contributed by atoms with van der Waals surface area (Å²) in [5.74, 6) is 1.45. The lowest BCUT2D eigenvalue weighted by molar-refractivity contribution is 0.0917. The smallest absolute Gasteiger partial charge is 0.317 e. The Bertz CT molecular complexity index is 478. The number of ether oxygens (including phenoxy) is 1. The standard InChI is InChI=1S/C14H21N3OS/c1-8-4-5-11(6-9(8)2)18-14-16-10(3)7-12(17-14)13(15)19/h7-9,11H,4-6H2,1-3H3,(H2,15,19). The van der Waals surface area contributed by atoms with Gasteiger partial charge in [-0.25, -0.2) is 4.98 Å². The molecular weight excluding hydrogens is 258 g/mol. The number of aryl methyl sites for hydroxylation is 1. The van der Waals surface area contributed by atoms with Gasteiger partial charge in [0, 0.05) is 5.69 Å². The van der Waals surface area contributed by atoms with Crippen LogP contribution in [0.4, 0.5) is 0 Å². The molecule has 1 aliphatic carbocycles. The first kappa shape index (κ1) is 14.2. The molecule has 5 heteroatoms. The minimum Gasteiger partial charge on any atom is -0.460 e. The van der Waals surface area contributed by atoms with Crippen LogP contribution in [0.25, 0.3) is 0 Å². The Morgan fingerprint density at radius 2 is 2.05 bits per heavy atom. The maximum Gasteiger partial charge on any atom is 0.317 e. The van der Waals surface area contributed by atoms with Gasteiger partial charge in [0.2, 0.25) is 0 Å². The third kappa shape index (κ3) is 3.62. The van der Waals surface area contributed by atoms with E-state index in [2.05, 4.69) is 23.8 Å². The molecule has 0 spiro atoms. The van der Waals surface area contributed by atoms with E-state index in [9.17, 15) is 0 Å². The molecule has 104 valence electrons. The molecule has 1 aromatic rings. The van der Waals surface area contributed by atoms with Crippen LogP contribution < -0.4 is 10.5 Å². The van der Waals surface area contributed by atoms with Crippen molar-refractivity contribution < 1.29 is 4.74 Å². The Morgan fingerprint density at radius 1 is 1.32 bits per heavy atom. The van der Waals surface area contributed by atoms with E-state index in [4.69, 9.17) is 22.7 Å². The number of hydrogen-bond acceptors (Lipinski definition) is 4. The maximum absolute atomic E-state index is 5.91. The van der Waals surface area contributed by atoms with Crippen molar-refractivity contribution in [1.82, 2.24) is 9.97 Å². The molecule has 3 unspecified atom stereocenters. The molecule has 1 fully saturated rings. The molecule has 2 rings (SSSR count). The highest BCUT2D eigenvalue weighted by Crippen LogP contribution is 2.31. The second-order valence-corrected chi connectivity index (χ2v) is 5.99. The van der Waals surface area contributed by atoms with Crippen molar-refractivity contribution in [2.24, 2.45) is 17.6 Å². The maximum atomic E-state index is 5.91. The van der Waals surface area contributed by atoms with Crippen molar-refractivity contribution in [3.63, 3.8) is 0 Å². The second-order valence-electron chi connectivity index (χ2n) is 5.55. The molecule has 0 saturated heterocycles. The Hall–Kier alpha value is -1.23. The summed E-state index contributed by atoms with van der Waals surface area (Å²) >= 11 is 4.95. The quantitative estimate of drug-likeness (QED) is 0.862. The van der Waals surface area contributed by atoms with E-state index in [1.807, 2.05) is 6.92 Å². The molecule has 0 amide bonds. The number of thiocarbonyl (C=S) groups is 1. The summed E-state index contributed by atoms with van der Waals surface area (Å²) in [5.41, 5.74) is 7.01. The van der Waals surface area contributed by atoms with Crippen LogP contribution in [0.15, 0.2) is 6.07 Å². The fourth-order valence-electron chi connectivity index (χ4n) is 2.47. The van der Waals surface area contributed by atoms with Crippen molar-refractivity contribution in [1.29, 1.82) is 0 Å². The van der Waals surface area contributed by atoms with Gasteiger partial charge in [0.05, 0.1) is 0 Å². The molecule has 1 saturated carbocycles. The fourth-order valence-corrected chi connectivity index (χ4v) is 2.58. The van der Waals surface area contributed by atoms with Gasteiger partial charge >= 0.3 is 6.01 Å².